The summed E-state index contributed by atoms with van der Waals surface area (Å²) in [5, 5.41) is 2.87. The molecule has 0 aromatic carbocycles. The highest BCUT2D eigenvalue weighted by Crippen LogP contribution is 2.27. The second-order valence-corrected chi connectivity index (χ2v) is 5.27. The molecule has 1 aliphatic carbocycles. The fraction of sp³-hybridized carbons (Fsp3) is 0.643. The van der Waals surface area contributed by atoms with Gasteiger partial charge in [0, 0.05) is 31.3 Å². The van der Waals surface area contributed by atoms with Crippen molar-refractivity contribution in [2.45, 2.75) is 45.6 Å². The fourth-order valence-electron chi connectivity index (χ4n) is 2.55. The van der Waals surface area contributed by atoms with Gasteiger partial charge in [-0.05, 0) is 25.7 Å². The summed E-state index contributed by atoms with van der Waals surface area (Å²) >= 11 is 0. The van der Waals surface area contributed by atoms with Gasteiger partial charge in [0.2, 0.25) is 5.91 Å². The van der Waals surface area contributed by atoms with Crippen molar-refractivity contribution < 1.29 is 4.79 Å². The van der Waals surface area contributed by atoms with Crippen LogP contribution in [-0.2, 0) is 11.3 Å². The predicted molar refractivity (Wildman–Crippen MR) is 72.8 cm³/mol. The van der Waals surface area contributed by atoms with Crippen LogP contribution in [0, 0.1) is 12.8 Å². The Bertz CT molecular complexity index is 490. The maximum Gasteiger partial charge on any atom is 0.253 e. The monoisotopic (exact) mass is 263 g/mol. The molecule has 5 nitrogen and oxygen atoms in total. The molecule has 104 valence electrons. The summed E-state index contributed by atoms with van der Waals surface area (Å²) in [6.07, 6.45) is 7.01. The van der Waals surface area contributed by atoms with Crippen LogP contribution in [0.15, 0.2) is 17.2 Å². The number of nitrogens with zero attached hydrogens (tertiary/aromatic N) is 2. The van der Waals surface area contributed by atoms with Crippen molar-refractivity contribution in [1.82, 2.24) is 14.9 Å². The van der Waals surface area contributed by atoms with E-state index in [4.69, 9.17) is 0 Å². The number of hydrogen-bond acceptors (Lipinski definition) is 3. The molecule has 1 saturated carbocycles. The van der Waals surface area contributed by atoms with Crippen molar-refractivity contribution in [2.75, 3.05) is 6.54 Å². The Labute approximate surface area is 113 Å². The molecule has 0 spiro atoms. The molecule has 0 atom stereocenters. The van der Waals surface area contributed by atoms with Crippen LogP contribution in [0.2, 0.25) is 0 Å². The minimum absolute atomic E-state index is 0.0717. The maximum atomic E-state index is 11.7. The van der Waals surface area contributed by atoms with Crippen LogP contribution in [0.5, 0.6) is 0 Å². The normalized spacial score (nSPS) is 15.6. The number of aryl methyl sites for hydroxylation is 1. The molecule has 1 heterocycles. The molecular weight excluding hydrogens is 242 g/mol. The lowest BCUT2D eigenvalue weighted by Crippen LogP contribution is -2.31. The molecule has 1 aromatic rings. The molecule has 19 heavy (non-hydrogen) atoms. The zero-order valence-corrected chi connectivity index (χ0v) is 11.4. The first-order valence-corrected chi connectivity index (χ1v) is 6.95. The zero-order valence-electron chi connectivity index (χ0n) is 11.4. The lowest BCUT2D eigenvalue weighted by atomic mass is 10.0. The molecule has 0 radical (unpaired) electrons. The fourth-order valence-corrected chi connectivity index (χ4v) is 2.55. The largest absolute Gasteiger partial charge is 0.354 e. The second-order valence-electron chi connectivity index (χ2n) is 5.27. The maximum absolute atomic E-state index is 11.7. The molecule has 1 amide bonds. The summed E-state index contributed by atoms with van der Waals surface area (Å²) in [5.41, 5.74) is 0.643. The Morgan fingerprint density at radius 1 is 1.47 bits per heavy atom. The van der Waals surface area contributed by atoms with Gasteiger partial charge in [0.25, 0.3) is 5.56 Å². The van der Waals surface area contributed by atoms with Crippen molar-refractivity contribution in [3.05, 3.63) is 28.4 Å². The molecule has 1 N–H and O–H groups in total. The van der Waals surface area contributed by atoms with E-state index in [9.17, 15) is 9.59 Å². The molecule has 0 unspecified atom stereocenters. The van der Waals surface area contributed by atoms with Crippen molar-refractivity contribution in [1.29, 1.82) is 0 Å². The summed E-state index contributed by atoms with van der Waals surface area (Å²) in [6.45, 7) is 2.74. The van der Waals surface area contributed by atoms with Gasteiger partial charge in [-0.2, -0.15) is 0 Å². The number of rotatable bonds is 5. The smallest absolute Gasteiger partial charge is 0.253 e. The number of carbonyl (C=O) groups is 1. The van der Waals surface area contributed by atoms with Crippen molar-refractivity contribution in [3.8, 4) is 0 Å². The van der Waals surface area contributed by atoms with Gasteiger partial charge in [0.05, 0.1) is 6.33 Å². The number of aromatic nitrogens is 2. The number of carbonyl (C=O) groups excluding carboxylic acids is 1. The van der Waals surface area contributed by atoms with Crippen LogP contribution in [0.3, 0.4) is 0 Å². The Hall–Kier alpha value is -1.65. The van der Waals surface area contributed by atoms with Crippen LogP contribution in [-0.4, -0.2) is 22.0 Å². The molecule has 0 aliphatic heterocycles. The molecular formula is C14H21N3O2. The van der Waals surface area contributed by atoms with E-state index in [1.165, 1.54) is 42.6 Å². The Balaban J connectivity index is 1.73. The van der Waals surface area contributed by atoms with Crippen LogP contribution < -0.4 is 10.9 Å². The summed E-state index contributed by atoms with van der Waals surface area (Å²) in [6, 6.07) is 1.50. The summed E-state index contributed by atoms with van der Waals surface area (Å²) < 4.78 is 1.52. The van der Waals surface area contributed by atoms with Crippen LogP contribution in [0.1, 0.15) is 37.8 Å². The van der Waals surface area contributed by atoms with Crippen LogP contribution >= 0.6 is 0 Å². The molecule has 2 rings (SSSR count). The summed E-state index contributed by atoms with van der Waals surface area (Å²) in [7, 11) is 0. The van der Waals surface area contributed by atoms with E-state index < -0.39 is 0 Å². The van der Waals surface area contributed by atoms with Crippen molar-refractivity contribution in [2.24, 2.45) is 5.92 Å². The van der Waals surface area contributed by atoms with Gasteiger partial charge in [-0.15, -0.1) is 0 Å². The van der Waals surface area contributed by atoms with Gasteiger partial charge in [-0.25, -0.2) is 4.98 Å². The lowest BCUT2D eigenvalue weighted by molar-refractivity contribution is -0.122. The quantitative estimate of drug-likeness (QED) is 0.869. The van der Waals surface area contributed by atoms with Gasteiger partial charge >= 0.3 is 0 Å². The topological polar surface area (TPSA) is 64.0 Å². The first-order valence-electron chi connectivity index (χ1n) is 6.95. The van der Waals surface area contributed by atoms with Gasteiger partial charge in [-0.3, -0.25) is 14.2 Å². The van der Waals surface area contributed by atoms with E-state index in [1.807, 2.05) is 0 Å². The van der Waals surface area contributed by atoms with Gasteiger partial charge in [-0.1, -0.05) is 12.8 Å². The Morgan fingerprint density at radius 3 is 2.89 bits per heavy atom. The highest BCUT2D eigenvalue weighted by Gasteiger charge is 2.17. The minimum Gasteiger partial charge on any atom is -0.354 e. The molecule has 1 fully saturated rings. The number of amides is 1. The van der Waals surface area contributed by atoms with Crippen molar-refractivity contribution >= 4 is 5.91 Å². The number of nitrogens with one attached hydrogen (secondary N) is 1. The first kappa shape index (κ1) is 13.8. The van der Waals surface area contributed by atoms with Crippen molar-refractivity contribution in [3.63, 3.8) is 0 Å². The average Bonchev–Trinajstić information content (AvgIpc) is 2.84. The van der Waals surface area contributed by atoms with Gasteiger partial charge in [0.1, 0.15) is 0 Å². The molecule has 1 aliphatic rings. The average molecular weight is 263 g/mol. The predicted octanol–water partition coefficient (Wildman–Crippen LogP) is 1.25. The second kappa shape index (κ2) is 6.50. The lowest BCUT2D eigenvalue weighted by Gasteiger charge is -2.10. The third kappa shape index (κ3) is 4.19. The van der Waals surface area contributed by atoms with E-state index in [0.717, 1.165) is 0 Å². The standard InChI is InChI=1S/C14H21N3O2/c1-11-8-14(19)17(10-16-11)7-6-15-13(18)9-12-4-2-3-5-12/h8,10,12H,2-7,9H2,1H3,(H,15,18). The van der Waals surface area contributed by atoms with Crippen LogP contribution in [0.4, 0.5) is 0 Å². The van der Waals surface area contributed by atoms with Gasteiger partial charge in [0.15, 0.2) is 0 Å². The highest BCUT2D eigenvalue weighted by atomic mass is 16.1. The molecule has 0 bridgehead atoms. The van der Waals surface area contributed by atoms with E-state index >= 15 is 0 Å². The minimum atomic E-state index is -0.0717. The molecule has 5 heteroatoms. The Kier molecular flexibility index (Phi) is 4.71. The zero-order chi connectivity index (χ0) is 13.7. The molecule has 1 aromatic heterocycles. The summed E-state index contributed by atoms with van der Waals surface area (Å²) in [5.74, 6) is 0.656. The van der Waals surface area contributed by atoms with E-state index in [0.29, 0.717) is 31.1 Å². The summed E-state index contributed by atoms with van der Waals surface area (Å²) in [4.78, 5) is 27.4. The SMILES string of the molecule is Cc1cc(=O)n(CCNC(=O)CC2CCCC2)cn1. The van der Waals surface area contributed by atoms with E-state index in [1.54, 1.807) is 6.92 Å². The third-order valence-electron chi connectivity index (χ3n) is 3.64. The van der Waals surface area contributed by atoms with E-state index in [-0.39, 0.29) is 11.5 Å². The Morgan fingerprint density at radius 2 is 2.21 bits per heavy atom. The first-order chi connectivity index (χ1) is 9.15. The third-order valence-corrected chi connectivity index (χ3v) is 3.64. The van der Waals surface area contributed by atoms with Gasteiger partial charge < -0.3 is 5.32 Å². The highest BCUT2D eigenvalue weighted by molar-refractivity contribution is 5.76. The van der Waals surface area contributed by atoms with Crippen LogP contribution in [0.25, 0.3) is 0 Å². The number of hydrogen-bond donors (Lipinski definition) is 1. The van der Waals surface area contributed by atoms with E-state index in [2.05, 4.69) is 10.3 Å². The molecule has 0 saturated heterocycles.